The van der Waals surface area contributed by atoms with E-state index in [1.54, 1.807) is 74.4 Å². The SMILES string of the molecule is Cc1ccc(-c2ccc(-c3ncc(C)cn3)nc2)nc1.Cc1ccc(-c2ccc(-c3ncc(C)cn3)nn2)cc1.Cc1ccc(-c2cnc(-c3ncc(C)cn3)cn2)cc1.Cc1cnc(-c2ccc(-c3ccc(C)nc3)nc2)nc1. The Morgan fingerprint density at radius 3 is 0.938 bits per heavy atom. The number of hydrogen-bond acceptors (Lipinski definition) is 16. The highest BCUT2D eigenvalue weighted by molar-refractivity contribution is 5.65. The second-order valence-electron chi connectivity index (χ2n) is 18.9. The fourth-order valence-electron chi connectivity index (χ4n) is 7.40. The molecule has 0 saturated heterocycles. The summed E-state index contributed by atoms with van der Waals surface area (Å²) in [6.45, 7) is 16.0. The van der Waals surface area contributed by atoms with Crippen LogP contribution in [0.4, 0.5) is 0 Å². The Bertz CT molecular complexity index is 3070. The van der Waals surface area contributed by atoms with Crippen LogP contribution in [-0.4, -0.2) is 80.0 Å². The van der Waals surface area contributed by atoms with Gasteiger partial charge in [-0.05, 0) is 138 Å². The number of nitrogens with zero attached hydrogens (tertiary/aromatic N) is 16. The summed E-state index contributed by atoms with van der Waals surface area (Å²) in [5, 5.41) is 8.45. The summed E-state index contributed by atoms with van der Waals surface area (Å²) in [6, 6.07) is 36.1. The van der Waals surface area contributed by atoms with Crippen LogP contribution in [0, 0.1) is 55.4 Å². The summed E-state index contributed by atoms with van der Waals surface area (Å²) >= 11 is 0. The molecule has 0 spiro atoms. The van der Waals surface area contributed by atoms with Crippen LogP contribution in [0.1, 0.15) is 44.6 Å². The Morgan fingerprint density at radius 2 is 0.500 bits per heavy atom. The fraction of sp³-hybridized carbons (Fsp3) is 0.125. The first-order valence-corrected chi connectivity index (χ1v) is 25.6. The fourth-order valence-corrected chi connectivity index (χ4v) is 7.40. The Labute approximate surface area is 464 Å². The lowest BCUT2D eigenvalue weighted by atomic mass is 10.1. The van der Waals surface area contributed by atoms with E-state index in [1.165, 1.54) is 11.1 Å². The number of aromatic nitrogens is 16. The van der Waals surface area contributed by atoms with E-state index < -0.39 is 0 Å². The summed E-state index contributed by atoms with van der Waals surface area (Å²) < 4.78 is 0. The van der Waals surface area contributed by atoms with Gasteiger partial charge in [0, 0.05) is 108 Å². The maximum absolute atomic E-state index is 4.46. The number of pyridine rings is 4. The molecule has 0 N–H and O–H groups in total. The molecule has 12 aromatic rings. The van der Waals surface area contributed by atoms with E-state index in [-0.39, 0.29) is 0 Å². The molecule has 10 aromatic heterocycles. The van der Waals surface area contributed by atoms with Crippen molar-refractivity contribution in [3.8, 4) is 91.0 Å². The summed E-state index contributed by atoms with van der Waals surface area (Å²) in [6.07, 6.45) is 25.0. The highest BCUT2D eigenvalue weighted by Gasteiger charge is 2.09. The van der Waals surface area contributed by atoms with E-state index in [9.17, 15) is 0 Å². The zero-order valence-corrected chi connectivity index (χ0v) is 45.6. The highest BCUT2D eigenvalue weighted by atomic mass is 15.1. The normalized spacial score (nSPS) is 10.5. The van der Waals surface area contributed by atoms with Crippen LogP contribution in [0.2, 0.25) is 0 Å². The van der Waals surface area contributed by atoms with Gasteiger partial charge < -0.3 is 0 Å². The molecule has 0 amide bonds. The predicted molar refractivity (Wildman–Crippen MR) is 312 cm³/mol. The molecule has 12 rings (SSSR count). The lowest BCUT2D eigenvalue weighted by Crippen LogP contribution is -1.95. The Balaban J connectivity index is 0.000000129. The monoisotopic (exact) mass is 1050 g/mol. The molecular weight excluding hydrogens is 993 g/mol. The first-order valence-electron chi connectivity index (χ1n) is 25.6. The van der Waals surface area contributed by atoms with Gasteiger partial charge in [-0.2, -0.15) is 0 Å². The van der Waals surface area contributed by atoms with Crippen molar-refractivity contribution in [3.63, 3.8) is 0 Å². The van der Waals surface area contributed by atoms with Crippen molar-refractivity contribution in [2.24, 2.45) is 0 Å². The molecule has 16 heteroatoms. The lowest BCUT2D eigenvalue weighted by molar-refractivity contribution is 1.01. The maximum Gasteiger partial charge on any atom is 0.180 e. The van der Waals surface area contributed by atoms with Gasteiger partial charge >= 0.3 is 0 Å². The Kier molecular flexibility index (Phi) is 17.7. The molecule has 0 saturated carbocycles. The molecular formula is C64H56N16. The molecule has 0 aliphatic heterocycles. The summed E-state index contributed by atoms with van der Waals surface area (Å²) in [7, 11) is 0. The third-order valence-corrected chi connectivity index (χ3v) is 12.0. The minimum absolute atomic E-state index is 0.596. The van der Waals surface area contributed by atoms with Crippen LogP contribution < -0.4 is 0 Å². The third kappa shape index (κ3) is 14.9. The minimum atomic E-state index is 0.596. The quantitative estimate of drug-likeness (QED) is 0.139. The molecule has 0 aliphatic rings. The number of aryl methyl sites for hydroxylation is 8. The van der Waals surface area contributed by atoms with E-state index in [1.807, 2.05) is 139 Å². The third-order valence-electron chi connectivity index (χ3n) is 12.0. The van der Waals surface area contributed by atoms with Crippen molar-refractivity contribution in [2.45, 2.75) is 55.4 Å². The number of benzene rings is 2. The van der Waals surface area contributed by atoms with E-state index in [2.05, 4.69) is 118 Å². The molecule has 2 aromatic carbocycles. The van der Waals surface area contributed by atoms with E-state index in [0.29, 0.717) is 34.7 Å². The molecule has 0 bridgehead atoms. The summed E-state index contributed by atoms with van der Waals surface area (Å²) in [5.74, 6) is 2.52. The van der Waals surface area contributed by atoms with Gasteiger partial charge in [-0.3, -0.25) is 24.9 Å². The van der Waals surface area contributed by atoms with E-state index >= 15 is 0 Å². The van der Waals surface area contributed by atoms with Crippen molar-refractivity contribution in [3.05, 3.63) is 241 Å². The maximum atomic E-state index is 4.46. The molecule has 80 heavy (non-hydrogen) atoms. The van der Waals surface area contributed by atoms with E-state index in [0.717, 1.165) is 89.8 Å². The van der Waals surface area contributed by atoms with Crippen molar-refractivity contribution < 1.29 is 0 Å². The largest absolute Gasteiger partial charge is 0.261 e. The van der Waals surface area contributed by atoms with E-state index in [4.69, 9.17) is 0 Å². The van der Waals surface area contributed by atoms with Gasteiger partial charge in [0.1, 0.15) is 17.1 Å². The Hall–Kier alpha value is -10.5. The molecule has 0 unspecified atom stereocenters. The van der Waals surface area contributed by atoms with Gasteiger partial charge in [-0.25, -0.2) is 44.9 Å². The summed E-state index contributed by atoms with van der Waals surface area (Å²) in [5.41, 5.74) is 19.4. The first kappa shape index (κ1) is 54.3. The second kappa shape index (κ2) is 26.0. The lowest BCUT2D eigenvalue weighted by Gasteiger charge is -2.03. The van der Waals surface area contributed by atoms with Crippen molar-refractivity contribution >= 4 is 0 Å². The average Bonchev–Trinajstić information content (AvgIpc) is 3.50. The topological polar surface area (TPSA) is 206 Å². The zero-order valence-electron chi connectivity index (χ0n) is 45.6. The number of hydrogen-bond donors (Lipinski definition) is 0. The van der Waals surface area contributed by atoms with Crippen LogP contribution >= 0.6 is 0 Å². The average molecular weight is 1050 g/mol. The van der Waals surface area contributed by atoms with Crippen LogP contribution in [-0.2, 0) is 0 Å². The number of rotatable bonds is 8. The van der Waals surface area contributed by atoms with Gasteiger partial charge in [0.15, 0.2) is 23.3 Å². The van der Waals surface area contributed by atoms with Crippen LogP contribution in [0.5, 0.6) is 0 Å². The van der Waals surface area contributed by atoms with Gasteiger partial charge in [0.25, 0.3) is 0 Å². The smallest absolute Gasteiger partial charge is 0.180 e. The summed E-state index contributed by atoms with van der Waals surface area (Å²) in [4.78, 5) is 60.5. The van der Waals surface area contributed by atoms with Crippen LogP contribution in [0.15, 0.2) is 196 Å². The molecule has 0 fully saturated rings. The molecule has 0 aliphatic carbocycles. The molecule has 0 radical (unpaired) electrons. The van der Waals surface area contributed by atoms with Gasteiger partial charge in [0.05, 0.1) is 35.2 Å². The zero-order chi connectivity index (χ0) is 55.8. The molecule has 10 heterocycles. The molecule has 392 valence electrons. The van der Waals surface area contributed by atoms with Crippen molar-refractivity contribution in [2.75, 3.05) is 0 Å². The Morgan fingerprint density at radius 1 is 0.175 bits per heavy atom. The minimum Gasteiger partial charge on any atom is -0.261 e. The van der Waals surface area contributed by atoms with Crippen molar-refractivity contribution in [1.82, 2.24) is 80.0 Å². The second-order valence-corrected chi connectivity index (χ2v) is 18.9. The van der Waals surface area contributed by atoms with Gasteiger partial charge in [0.2, 0.25) is 0 Å². The molecule has 0 atom stereocenters. The first-order chi connectivity index (χ1) is 38.9. The van der Waals surface area contributed by atoms with Crippen molar-refractivity contribution in [1.29, 1.82) is 0 Å². The van der Waals surface area contributed by atoms with Gasteiger partial charge in [-0.15, -0.1) is 10.2 Å². The van der Waals surface area contributed by atoms with Crippen LogP contribution in [0.25, 0.3) is 91.0 Å². The standard InChI is InChI=1S/4C16H14N4/c1-11-3-5-14(17-7-11)13-4-6-15(18-10-13)16-19-8-12(2)9-20-16;1-11-3-5-13(6-4-11)14-9-18-15(10-17-14)16-19-7-12(2)8-20-16;1-11-3-5-13(6-4-11)14-7-8-15(20-19-14)16-17-9-12(2)10-18-16;1-11-7-19-16(20-8-11)14-5-6-15(18-10-14)13-4-3-12(2)17-9-13/h4*3-10H,1-2H3. The van der Waals surface area contributed by atoms with Gasteiger partial charge in [-0.1, -0.05) is 65.7 Å². The predicted octanol–water partition coefficient (Wildman–Crippen LogP) is 12.9. The van der Waals surface area contributed by atoms with Crippen LogP contribution in [0.3, 0.4) is 0 Å². The highest BCUT2D eigenvalue weighted by Crippen LogP contribution is 2.23. The molecule has 16 nitrogen and oxygen atoms in total.